The van der Waals surface area contributed by atoms with Crippen molar-refractivity contribution in [1.82, 2.24) is 4.98 Å². The van der Waals surface area contributed by atoms with Gasteiger partial charge in [-0.05, 0) is 26.0 Å². The number of anilines is 1. The normalized spacial score (nSPS) is 24.7. The van der Waals surface area contributed by atoms with Crippen LogP contribution in [0.25, 0.3) is 0 Å². The van der Waals surface area contributed by atoms with Crippen LogP contribution in [-0.4, -0.2) is 41.4 Å². The molecular weight excluding hydrogens is 220 g/mol. The van der Waals surface area contributed by atoms with Crippen LogP contribution in [0.15, 0.2) is 18.3 Å². The maximum Gasteiger partial charge on any atom is 0.354 e. The van der Waals surface area contributed by atoms with Crippen LogP contribution in [0.3, 0.4) is 0 Å². The summed E-state index contributed by atoms with van der Waals surface area (Å²) in [5.74, 6) is -0.999. The first-order chi connectivity index (χ1) is 8.06. The second kappa shape index (κ2) is 4.71. The molecule has 2 heterocycles. The highest BCUT2D eigenvalue weighted by Gasteiger charge is 2.22. The van der Waals surface area contributed by atoms with Gasteiger partial charge in [-0.25, -0.2) is 9.78 Å². The molecule has 0 aliphatic carbocycles. The van der Waals surface area contributed by atoms with Crippen molar-refractivity contribution in [3.63, 3.8) is 0 Å². The molecule has 1 aromatic heterocycles. The van der Waals surface area contributed by atoms with Crippen LogP contribution < -0.4 is 4.90 Å². The lowest BCUT2D eigenvalue weighted by Crippen LogP contribution is -2.45. The third-order valence-electron chi connectivity index (χ3n) is 2.75. The number of carboxylic acids is 1. The van der Waals surface area contributed by atoms with E-state index in [1.165, 1.54) is 6.20 Å². The lowest BCUT2D eigenvalue weighted by molar-refractivity contribution is -0.00522. The second-order valence-electron chi connectivity index (χ2n) is 4.37. The van der Waals surface area contributed by atoms with Crippen molar-refractivity contribution in [2.45, 2.75) is 26.1 Å². The van der Waals surface area contributed by atoms with Crippen LogP contribution >= 0.6 is 0 Å². The molecule has 1 saturated heterocycles. The zero-order valence-electron chi connectivity index (χ0n) is 9.96. The van der Waals surface area contributed by atoms with E-state index >= 15 is 0 Å². The number of rotatable bonds is 2. The molecule has 17 heavy (non-hydrogen) atoms. The van der Waals surface area contributed by atoms with Crippen LogP contribution in [0.1, 0.15) is 24.3 Å². The Labute approximate surface area is 100 Å². The van der Waals surface area contributed by atoms with E-state index in [0.717, 1.165) is 18.8 Å². The maximum atomic E-state index is 10.9. The summed E-state index contributed by atoms with van der Waals surface area (Å²) in [6.45, 7) is 5.57. The zero-order chi connectivity index (χ0) is 12.4. The van der Waals surface area contributed by atoms with E-state index in [4.69, 9.17) is 9.84 Å². The standard InChI is InChI=1S/C12H16N2O3/c1-8-6-14(7-9(2)17-8)10-3-4-13-11(5-10)12(15)16/h3-5,8-9H,6-7H2,1-2H3,(H,15,16)/t8-,9+. The number of hydrogen-bond donors (Lipinski definition) is 1. The van der Waals surface area contributed by atoms with Crippen LogP contribution in [0.2, 0.25) is 0 Å². The van der Waals surface area contributed by atoms with E-state index in [2.05, 4.69) is 9.88 Å². The van der Waals surface area contributed by atoms with Crippen molar-refractivity contribution >= 4 is 11.7 Å². The number of nitrogens with zero attached hydrogens (tertiary/aromatic N) is 2. The minimum Gasteiger partial charge on any atom is -0.477 e. The summed E-state index contributed by atoms with van der Waals surface area (Å²) in [7, 11) is 0. The summed E-state index contributed by atoms with van der Waals surface area (Å²) in [4.78, 5) is 16.8. The highest BCUT2D eigenvalue weighted by molar-refractivity contribution is 5.86. The Hall–Kier alpha value is -1.62. The average Bonchev–Trinajstić information content (AvgIpc) is 2.28. The molecule has 0 spiro atoms. The fraction of sp³-hybridized carbons (Fsp3) is 0.500. The number of aromatic carboxylic acids is 1. The van der Waals surface area contributed by atoms with Crippen molar-refractivity contribution in [1.29, 1.82) is 0 Å². The van der Waals surface area contributed by atoms with Crippen molar-refractivity contribution in [2.24, 2.45) is 0 Å². The van der Waals surface area contributed by atoms with E-state index in [-0.39, 0.29) is 17.9 Å². The summed E-state index contributed by atoms with van der Waals surface area (Å²) < 4.78 is 5.64. The largest absolute Gasteiger partial charge is 0.477 e. The van der Waals surface area contributed by atoms with Gasteiger partial charge in [-0.3, -0.25) is 0 Å². The van der Waals surface area contributed by atoms with Crippen molar-refractivity contribution in [3.8, 4) is 0 Å². The lowest BCUT2D eigenvalue weighted by Gasteiger charge is -2.36. The molecule has 5 heteroatoms. The van der Waals surface area contributed by atoms with E-state index in [0.29, 0.717) is 0 Å². The van der Waals surface area contributed by atoms with Gasteiger partial charge in [0.2, 0.25) is 0 Å². The van der Waals surface area contributed by atoms with Gasteiger partial charge in [0.25, 0.3) is 0 Å². The first-order valence-electron chi connectivity index (χ1n) is 5.66. The predicted octanol–water partition coefficient (Wildman–Crippen LogP) is 1.39. The molecule has 1 fully saturated rings. The first-order valence-corrected chi connectivity index (χ1v) is 5.66. The fourth-order valence-corrected chi connectivity index (χ4v) is 2.12. The highest BCUT2D eigenvalue weighted by Crippen LogP contribution is 2.20. The smallest absolute Gasteiger partial charge is 0.354 e. The number of morpholine rings is 1. The Kier molecular flexibility index (Phi) is 3.28. The Morgan fingerprint density at radius 1 is 1.47 bits per heavy atom. The van der Waals surface area contributed by atoms with Crippen molar-refractivity contribution in [3.05, 3.63) is 24.0 Å². The molecule has 0 bridgehead atoms. The minimum atomic E-state index is -0.999. The van der Waals surface area contributed by atoms with Gasteiger partial charge >= 0.3 is 5.97 Å². The Morgan fingerprint density at radius 3 is 2.71 bits per heavy atom. The maximum absolute atomic E-state index is 10.9. The predicted molar refractivity (Wildman–Crippen MR) is 63.4 cm³/mol. The molecule has 0 saturated carbocycles. The molecule has 2 rings (SSSR count). The topological polar surface area (TPSA) is 62.7 Å². The molecule has 0 radical (unpaired) electrons. The van der Waals surface area contributed by atoms with Gasteiger partial charge < -0.3 is 14.7 Å². The molecule has 1 N–H and O–H groups in total. The molecule has 1 aliphatic heterocycles. The molecular formula is C12H16N2O3. The molecule has 2 atom stereocenters. The summed E-state index contributed by atoms with van der Waals surface area (Å²) >= 11 is 0. The number of pyridine rings is 1. The lowest BCUT2D eigenvalue weighted by atomic mass is 10.2. The van der Waals surface area contributed by atoms with Crippen LogP contribution in [0, 0.1) is 0 Å². The molecule has 0 unspecified atom stereocenters. The summed E-state index contributed by atoms with van der Waals surface area (Å²) in [6, 6.07) is 3.43. The fourth-order valence-electron chi connectivity index (χ4n) is 2.12. The second-order valence-corrected chi connectivity index (χ2v) is 4.37. The Bertz CT molecular complexity index is 412. The van der Waals surface area contributed by atoms with E-state index in [1.54, 1.807) is 6.07 Å². The van der Waals surface area contributed by atoms with E-state index in [9.17, 15) is 4.79 Å². The van der Waals surface area contributed by atoms with Crippen LogP contribution in [0.4, 0.5) is 5.69 Å². The number of hydrogen-bond acceptors (Lipinski definition) is 4. The molecule has 1 aromatic rings. The van der Waals surface area contributed by atoms with Crippen LogP contribution in [0.5, 0.6) is 0 Å². The molecule has 0 amide bonds. The van der Waals surface area contributed by atoms with Gasteiger partial charge in [0.05, 0.1) is 12.2 Å². The molecule has 1 aliphatic rings. The quantitative estimate of drug-likeness (QED) is 0.840. The third-order valence-corrected chi connectivity index (χ3v) is 2.75. The zero-order valence-corrected chi connectivity index (χ0v) is 9.96. The molecule has 5 nitrogen and oxygen atoms in total. The van der Waals surface area contributed by atoms with E-state index < -0.39 is 5.97 Å². The summed E-state index contributed by atoms with van der Waals surface area (Å²) in [5, 5.41) is 8.91. The van der Waals surface area contributed by atoms with Gasteiger partial charge in [0.15, 0.2) is 0 Å². The monoisotopic (exact) mass is 236 g/mol. The van der Waals surface area contributed by atoms with E-state index in [1.807, 2.05) is 19.9 Å². The van der Waals surface area contributed by atoms with Gasteiger partial charge in [-0.1, -0.05) is 0 Å². The van der Waals surface area contributed by atoms with Crippen molar-refractivity contribution < 1.29 is 14.6 Å². The number of aromatic nitrogens is 1. The Balaban J connectivity index is 2.21. The number of carboxylic acid groups (broad SMARTS) is 1. The SMILES string of the molecule is C[C@@H]1CN(c2ccnc(C(=O)O)c2)C[C@H](C)O1. The van der Waals surface area contributed by atoms with Crippen LogP contribution in [-0.2, 0) is 4.74 Å². The van der Waals surface area contributed by atoms with Gasteiger partial charge in [-0.2, -0.15) is 0 Å². The number of ether oxygens (including phenoxy) is 1. The Morgan fingerprint density at radius 2 is 2.12 bits per heavy atom. The third kappa shape index (κ3) is 2.74. The average molecular weight is 236 g/mol. The van der Waals surface area contributed by atoms with Gasteiger partial charge in [0, 0.05) is 25.0 Å². The summed E-state index contributed by atoms with van der Waals surface area (Å²) in [5.41, 5.74) is 0.966. The van der Waals surface area contributed by atoms with Gasteiger partial charge in [-0.15, -0.1) is 0 Å². The molecule has 92 valence electrons. The highest BCUT2D eigenvalue weighted by atomic mass is 16.5. The summed E-state index contributed by atoms with van der Waals surface area (Å²) in [6.07, 6.45) is 1.84. The molecule has 0 aromatic carbocycles. The van der Waals surface area contributed by atoms with Crippen molar-refractivity contribution in [2.75, 3.05) is 18.0 Å². The van der Waals surface area contributed by atoms with Gasteiger partial charge in [0.1, 0.15) is 5.69 Å². The minimum absolute atomic E-state index is 0.0781. The first kappa shape index (κ1) is 11.9. The number of carbonyl (C=O) groups is 1.